The number of rotatable bonds is 4. The Balaban J connectivity index is 1.36. The lowest BCUT2D eigenvalue weighted by molar-refractivity contribution is 0.102. The monoisotopic (exact) mass is 500 g/mol. The Kier molecular flexibility index (Phi) is 6.83. The van der Waals surface area contributed by atoms with Gasteiger partial charge in [0, 0.05) is 29.9 Å². The first-order chi connectivity index (χ1) is 15.9. The Hall–Kier alpha value is -1.43. The van der Waals surface area contributed by atoms with E-state index in [2.05, 4.69) is 50.3 Å². The number of aryl methyl sites for hydroxylation is 2. The molecule has 5 rings (SSSR count). The highest BCUT2D eigenvalue weighted by Crippen LogP contribution is 2.55. The van der Waals surface area contributed by atoms with E-state index in [0.29, 0.717) is 11.5 Å². The zero-order valence-electron chi connectivity index (χ0n) is 19.6. The molecule has 1 aliphatic heterocycles. The van der Waals surface area contributed by atoms with Gasteiger partial charge in [0.25, 0.3) is 5.91 Å². The summed E-state index contributed by atoms with van der Waals surface area (Å²) in [5.41, 5.74) is 5.34. The number of amides is 1. The molecule has 1 saturated heterocycles. The van der Waals surface area contributed by atoms with E-state index in [-0.39, 0.29) is 5.91 Å². The summed E-state index contributed by atoms with van der Waals surface area (Å²) in [4.78, 5) is 13.5. The van der Waals surface area contributed by atoms with Crippen LogP contribution in [-0.2, 0) is 7.05 Å². The molecule has 3 fully saturated rings. The van der Waals surface area contributed by atoms with Gasteiger partial charge in [0.1, 0.15) is 11.4 Å². The predicted octanol–water partition coefficient (Wildman–Crippen LogP) is 5.51. The summed E-state index contributed by atoms with van der Waals surface area (Å²) in [7, 11) is 6.52. The maximum atomic E-state index is 13.5. The molecule has 2 aliphatic carbocycles. The van der Waals surface area contributed by atoms with Gasteiger partial charge in [-0.3, -0.25) is 9.48 Å². The zero-order valence-corrected chi connectivity index (χ0v) is 22.4. The Bertz CT molecular complexity index is 1090. The molecule has 3 aliphatic rings. The van der Waals surface area contributed by atoms with Crippen molar-refractivity contribution < 1.29 is 4.79 Å². The SMILES string of the molecule is CNc1c(C(=O)Nc2ccc(P)c(C)c2)c(C2CC3CC(=C4SCCCS4)CC3C2)nn1C. The molecule has 8 heteroatoms. The molecule has 0 spiro atoms. The molecule has 2 N–H and O–H groups in total. The average molecular weight is 501 g/mol. The lowest BCUT2D eigenvalue weighted by atomic mass is 9.95. The number of aromatic nitrogens is 2. The van der Waals surface area contributed by atoms with Crippen LogP contribution in [0.25, 0.3) is 0 Å². The van der Waals surface area contributed by atoms with E-state index >= 15 is 0 Å². The quantitative estimate of drug-likeness (QED) is 0.543. The minimum absolute atomic E-state index is 0.0757. The van der Waals surface area contributed by atoms with Crippen LogP contribution < -0.4 is 15.9 Å². The largest absolute Gasteiger partial charge is 0.373 e. The van der Waals surface area contributed by atoms with Crippen molar-refractivity contribution in [2.75, 3.05) is 29.2 Å². The highest BCUT2D eigenvalue weighted by molar-refractivity contribution is 8.22. The fraction of sp³-hybridized carbons (Fsp3) is 0.520. The third kappa shape index (κ3) is 4.61. The average Bonchev–Trinajstić information content (AvgIpc) is 3.47. The van der Waals surface area contributed by atoms with E-state index in [1.54, 1.807) is 9.81 Å². The van der Waals surface area contributed by atoms with Gasteiger partial charge in [0.2, 0.25) is 0 Å². The van der Waals surface area contributed by atoms with E-state index in [0.717, 1.165) is 52.7 Å². The Morgan fingerprint density at radius 3 is 2.52 bits per heavy atom. The second kappa shape index (κ2) is 9.67. The van der Waals surface area contributed by atoms with Gasteiger partial charge in [-0.1, -0.05) is 6.07 Å². The summed E-state index contributed by atoms with van der Waals surface area (Å²) in [5.74, 6) is 5.08. The number of nitrogens with zero attached hydrogens (tertiary/aromatic N) is 2. The summed E-state index contributed by atoms with van der Waals surface area (Å²) < 4.78 is 3.45. The van der Waals surface area contributed by atoms with Gasteiger partial charge in [0.15, 0.2) is 0 Å². The van der Waals surface area contributed by atoms with E-state index in [1.807, 2.05) is 37.0 Å². The molecule has 176 valence electrons. The minimum Gasteiger partial charge on any atom is -0.373 e. The molecule has 0 radical (unpaired) electrons. The van der Waals surface area contributed by atoms with E-state index in [9.17, 15) is 4.79 Å². The van der Waals surface area contributed by atoms with E-state index in [4.69, 9.17) is 5.10 Å². The summed E-state index contributed by atoms with van der Waals surface area (Å²) in [6.45, 7) is 2.05. The summed E-state index contributed by atoms with van der Waals surface area (Å²) in [6.07, 6.45) is 6.09. The summed E-state index contributed by atoms with van der Waals surface area (Å²) in [6, 6.07) is 6.00. The number of allylic oxidation sites excluding steroid dienone is 1. The topological polar surface area (TPSA) is 59.0 Å². The predicted molar refractivity (Wildman–Crippen MR) is 146 cm³/mol. The molecular formula is C25H33N4OPS2. The van der Waals surface area contributed by atoms with Crippen LogP contribution in [0.5, 0.6) is 0 Å². The molecular weight excluding hydrogens is 467 g/mol. The molecule has 0 bridgehead atoms. The second-order valence-corrected chi connectivity index (χ2v) is 12.6. The highest BCUT2D eigenvalue weighted by Gasteiger charge is 2.43. The van der Waals surface area contributed by atoms with Crippen LogP contribution in [0, 0.1) is 18.8 Å². The fourth-order valence-corrected chi connectivity index (χ4v) is 8.63. The third-order valence-electron chi connectivity index (χ3n) is 7.35. The normalized spacial score (nSPS) is 24.8. The minimum atomic E-state index is -0.0757. The van der Waals surface area contributed by atoms with Crippen LogP contribution in [0.2, 0.25) is 0 Å². The van der Waals surface area contributed by atoms with E-state index in [1.165, 1.54) is 30.8 Å². The maximum absolute atomic E-state index is 13.5. The molecule has 1 aromatic heterocycles. The number of hydrogen-bond donors (Lipinski definition) is 2. The van der Waals surface area contributed by atoms with Crippen molar-refractivity contribution in [3.63, 3.8) is 0 Å². The molecule has 3 unspecified atom stereocenters. The Morgan fingerprint density at radius 1 is 1.18 bits per heavy atom. The molecule has 33 heavy (non-hydrogen) atoms. The van der Waals surface area contributed by atoms with Gasteiger partial charge < -0.3 is 10.6 Å². The third-order valence-corrected chi connectivity index (χ3v) is 10.8. The van der Waals surface area contributed by atoms with Gasteiger partial charge in [-0.2, -0.15) is 5.10 Å². The number of nitrogens with one attached hydrogen (secondary N) is 2. The van der Waals surface area contributed by atoms with Crippen molar-refractivity contribution in [3.8, 4) is 0 Å². The maximum Gasteiger partial charge on any atom is 0.261 e. The number of carbonyl (C=O) groups excluding carboxylic acids is 1. The van der Waals surface area contributed by atoms with Crippen molar-refractivity contribution in [1.82, 2.24) is 9.78 Å². The van der Waals surface area contributed by atoms with Gasteiger partial charge >= 0.3 is 0 Å². The van der Waals surface area contributed by atoms with Crippen molar-refractivity contribution >= 4 is 55.5 Å². The van der Waals surface area contributed by atoms with Gasteiger partial charge in [-0.05, 0) is 90.9 Å². The molecule has 2 heterocycles. The number of thioether (sulfide) groups is 2. The zero-order chi connectivity index (χ0) is 23.1. The van der Waals surface area contributed by atoms with Crippen molar-refractivity contribution in [1.29, 1.82) is 0 Å². The van der Waals surface area contributed by atoms with Crippen LogP contribution in [0.3, 0.4) is 0 Å². The van der Waals surface area contributed by atoms with Crippen molar-refractivity contribution in [3.05, 3.63) is 44.8 Å². The Morgan fingerprint density at radius 2 is 1.88 bits per heavy atom. The number of benzene rings is 1. The molecule has 1 aromatic carbocycles. The standard InChI is InChI=1S/C25H33N4OPS2/c1-14-9-19(5-6-20(14)31)27-24(30)21-22(28-29(3)23(21)26-2)17-10-15-12-18(13-16(15)11-17)25-32-7-4-8-33-25/h5-6,9,15-17,26H,4,7-8,10-13,31H2,1-3H3,(H,27,30). The summed E-state index contributed by atoms with van der Waals surface area (Å²) in [5, 5.41) is 12.3. The first kappa shape index (κ1) is 23.3. The van der Waals surface area contributed by atoms with Crippen molar-refractivity contribution in [2.45, 2.75) is 44.9 Å². The van der Waals surface area contributed by atoms with Crippen LogP contribution in [0.15, 0.2) is 28.0 Å². The second-order valence-electron chi connectivity index (χ2n) is 9.55. The van der Waals surface area contributed by atoms with Crippen molar-refractivity contribution in [2.24, 2.45) is 18.9 Å². The van der Waals surface area contributed by atoms with Crippen LogP contribution >= 0.6 is 32.8 Å². The fourth-order valence-electron chi connectivity index (χ4n) is 5.74. The van der Waals surface area contributed by atoms with E-state index < -0.39 is 0 Å². The highest BCUT2D eigenvalue weighted by atomic mass is 32.2. The van der Waals surface area contributed by atoms with Crippen LogP contribution in [0.4, 0.5) is 11.5 Å². The van der Waals surface area contributed by atoms with Crippen LogP contribution in [0.1, 0.15) is 59.6 Å². The first-order valence-electron chi connectivity index (χ1n) is 11.8. The first-order valence-corrected chi connectivity index (χ1v) is 14.4. The Labute approximate surface area is 207 Å². The molecule has 5 nitrogen and oxygen atoms in total. The van der Waals surface area contributed by atoms with Crippen LogP contribution in [-0.4, -0.2) is 34.2 Å². The molecule has 2 aromatic rings. The molecule has 2 saturated carbocycles. The lowest BCUT2D eigenvalue weighted by Gasteiger charge is -2.17. The molecule has 3 atom stereocenters. The van der Waals surface area contributed by atoms with Gasteiger partial charge in [-0.25, -0.2) is 0 Å². The number of fused-ring (bicyclic) bond motifs is 1. The van der Waals surface area contributed by atoms with Gasteiger partial charge in [-0.15, -0.1) is 32.8 Å². The number of anilines is 2. The lowest BCUT2D eigenvalue weighted by Crippen LogP contribution is -2.17. The number of hydrogen-bond acceptors (Lipinski definition) is 5. The smallest absolute Gasteiger partial charge is 0.261 e. The summed E-state index contributed by atoms with van der Waals surface area (Å²) >= 11 is 4.16. The van der Waals surface area contributed by atoms with Gasteiger partial charge in [0.05, 0.1) is 5.69 Å². The molecule has 1 amide bonds. The number of carbonyl (C=O) groups is 1.